The minimum atomic E-state index is -4.64. The molecule has 0 heterocycles. The lowest BCUT2D eigenvalue weighted by Crippen LogP contribution is -2.15. The molecule has 0 saturated carbocycles. The minimum absolute atomic E-state index is 0.183. The molecule has 0 amide bonds. The Hall–Kier alpha value is -2.06. The number of sulfonamides is 1. The summed E-state index contributed by atoms with van der Waals surface area (Å²) in [5.74, 6) is -0.255. The first-order valence-corrected chi connectivity index (χ1v) is 8.93. The van der Waals surface area contributed by atoms with Gasteiger partial charge in [0.2, 0.25) is 0 Å². The van der Waals surface area contributed by atoms with Crippen molar-refractivity contribution >= 4 is 33.1 Å². The molecule has 134 valence electrons. The lowest BCUT2D eigenvalue weighted by atomic mass is 10.1. The van der Waals surface area contributed by atoms with Gasteiger partial charge in [0.25, 0.3) is 10.0 Å². The molecule has 0 fully saturated rings. The topological polar surface area (TPSA) is 63.2 Å². The Bertz CT molecular complexity index is 911. The summed E-state index contributed by atoms with van der Waals surface area (Å²) in [5, 5.41) is -0.183. The zero-order valence-electron chi connectivity index (χ0n) is 12.9. The van der Waals surface area contributed by atoms with Crippen LogP contribution < -0.4 is 4.72 Å². The first kappa shape index (κ1) is 19.3. The van der Waals surface area contributed by atoms with Crippen molar-refractivity contribution in [3.8, 4) is 0 Å². The lowest BCUT2D eigenvalue weighted by Gasteiger charge is -2.13. The number of rotatable bonds is 5. The van der Waals surface area contributed by atoms with Crippen molar-refractivity contribution in [1.29, 1.82) is 0 Å². The third-order valence-corrected chi connectivity index (χ3v) is 5.02. The number of hydrogen-bond acceptors (Lipinski definition) is 3. The number of anilines is 1. The number of benzene rings is 2. The number of ketones is 1. The number of hydrogen-bond donors (Lipinski definition) is 1. The van der Waals surface area contributed by atoms with Crippen LogP contribution in [0.15, 0.2) is 47.4 Å². The van der Waals surface area contributed by atoms with E-state index in [1.165, 1.54) is 18.2 Å². The van der Waals surface area contributed by atoms with Gasteiger partial charge in [-0.25, -0.2) is 8.42 Å². The highest BCUT2D eigenvalue weighted by molar-refractivity contribution is 7.92. The smallest absolute Gasteiger partial charge is 0.294 e. The quantitative estimate of drug-likeness (QED) is 0.748. The van der Waals surface area contributed by atoms with Gasteiger partial charge in [0.05, 0.1) is 21.2 Å². The molecule has 25 heavy (non-hydrogen) atoms. The Labute approximate surface area is 147 Å². The number of halogens is 4. The first-order chi connectivity index (χ1) is 11.5. The fraction of sp³-hybridized carbons (Fsp3) is 0.188. The van der Waals surface area contributed by atoms with E-state index in [9.17, 15) is 26.4 Å². The summed E-state index contributed by atoms with van der Waals surface area (Å²) in [4.78, 5) is 11.4. The summed E-state index contributed by atoms with van der Waals surface area (Å²) < 4.78 is 65.2. The van der Waals surface area contributed by atoms with Gasteiger partial charge in [-0.2, -0.15) is 13.2 Å². The Kier molecular flexibility index (Phi) is 5.43. The van der Waals surface area contributed by atoms with Gasteiger partial charge in [-0.15, -0.1) is 0 Å². The predicted molar refractivity (Wildman–Crippen MR) is 88.3 cm³/mol. The van der Waals surface area contributed by atoms with Gasteiger partial charge >= 0.3 is 6.18 Å². The maximum atomic E-state index is 12.8. The molecule has 0 saturated heterocycles. The van der Waals surface area contributed by atoms with Gasteiger partial charge in [0.1, 0.15) is 0 Å². The first-order valence-electron chi connectivity index (χ1n) is 7.07. The van der Waals surface area contributed by atoms with Gasteiger partial charge in [0, 0.05) is 12.0 Å². The summed E-state index contributed by atoms with van der Waals surface area (Å²) in [7, 11) is -4.22. The number of alkyl halides is 3. The largest absolute Gasteiger partial charge is 0.416 e. The molecule has 0 unspecified atom stereocenters. The SMILES string of the molecule is CCC(=O)c1cccc(S(=O)(=O)Nc2cc(C(F)(F)F)ccc2Cl)c1. The second kappa shape index (κ2) is 7.05. The van der Waals surface area contributed by atoms with Crippen molar-refractivity contribution in [2.24, 2.45) is 0 Å². The van der Waals surface area contributed by atoms with Crippen LogP contribution in [0.5, 0.6) is 0 Å². The van der Waals surface area contributed by atoms with E-state index in [2.05, 4.69) is 0 Å². The average Bonchev–Trinajstić information content (AvgIpc) is 2.55. The van der Waals surface area contributed by atoms with Gasteiger partial charge in [-0.3, -0.25) is 9.52 Å². The Morgan fingerprint density at radius 3 is 2.44 bits per heavy atom. The minimum Gasteiger partial charge on any atom is -0.294 e. The molecule has 1 N–H and O–H groups in total. The molecular formula is C16H13ClF3NO3S. The average molecular weight is 392 g/mol. The van der Waals surface area contributed by atoms with E-state index >= 15 is 0 Å². The second-order valence-corrected chi connectivity index (χ2v) is 7.19. The van der Waals surface area contributed by atoms with Crippen molar-refractivity contribution in [1.82, 2.24) is 0 Å². The van der Waals surface area contributed by atoms with Crippen molar-refractivity contribution in [3.05, 3.63) is 58.6 Å². The second-order valence-electron chi connectivity index (χ2n) is 5.10. The van der Waals surface area contributed by atoms with Crippen LogP contribution >= 0.6 is 11.6 Å². The third-order valence-electron chi connectivity index (χ3n) is 3.33. The molecule has 0 aromatic heterocycles. The summed E-state index contributed by atoms with van der Waals surface area (Å²) in [6, 6.07) is 7.56. The van der Waals surface area contributed by atoms with Crippen LogP contribution in [-0.2, 0) is 16.2 Å². The fourth-order valence-corrected chi connectivity index (χ4v) is 3.36. The normalized spacial score (nSPS) is 12.0. The van der Waals surface area contributed by atoms with Crippen LogP contribution in [0.2, 0.25) is 5.02 Å². The highest BCUT2D eigenvalue weighted by Crippen LogP contribution is 2.34. The number of carbonyl (C=O) groups excluding carboxylic acids is 1. The van der Waals surface area contributed by atoms with E-state index in [1.54, 1.807) is 6.92 Å². The van der Waals surface area contributed by atoms with Crippen molar-refractivity contribution in [2.75, 3.05) is 4.72 Å². The van der Waals surface area contributed by atoms with Crippen LogP contribution in [0.25, 0.3) is 0 Å². The van der Waals surface area contributed by atoms with Gasteiger partial charge in [0.15, 0.2) is 5.78 Å². The fourth-order valence-electron chi connectivity index (χ4n) is 2.02. The highest BCUT2D eigenvalue weighted by atomic mass is 35.5. The molecule has 2 aromatic rings. The van der Waals surface area contributed by atoms with E-state index in [4.69, 9.17) is 11.6 Å². The molecule has 4 nitrogen and oxygen atoms in total. The summed E-state index contributed by atoms with van der Waals surface area (Å²) in [6.45, 7) is 1.63. The number of nitrogens with one attached hydrogen (secondary N) is 1. The molecule has 0 bridgehead atoms. The molecule has 0 spiro atoms. The van der Waals surface area contributed by atoms with E-state index in [0.29, 0.717) is 6.07 Å². The van der Waals surface area contributed by atoms with E-state index in [-0.39, 0.29) is 27.7 Å². The highest BCUT2D eigenvalue weighted by Gasteiger charge is 2.31. The molecule has 2 rings (SSSR count). The van der Waals surface area contributed by atoms with Crippen LogP contribution in [0.4, 0.5) is 18.9 Å². The van der Waals surface area contributed by atoms with E-state index in [0.717, 1.165) is 18.2 Å². The van der Waals surface area contributed by atoms with E-state index < -0.39 is 27.5 Å². The third kappa shape index (κ3) is 4.52. The number of carbonyl (C=O) groups is 1. The number of Topliss-reactive ketones (excluding diaryl/α,β-unsaturated/α-hetero) is 1. The molecular weight excluding hydrogens is 379 g/mol. The van der Waals surface area contributed by atoms with Gasteiger partial charge in [-0.05, 0) is 30.3 Å². The van der Waals surface area contributed by atoms with Crippen LogP contribution in [0, 0.1) is 0 Å². The summed E-state index contributed by atoms with van der Waals surface area (Å²) in [5.41, 5.74) is -1.24. The van der Waals surface area contributed by atoms with Crippen molar-refractivity contribution in [3.63, 3.8) is 0 Å². The molecule has 0 aliphatic carbocycles. The van der Waals surface area contributed by atoms with Crippen LogP contribution in [0.3, 0.4) is 0 Å². The molecule has 0 atom stereocenters. The van der Waals surface area contributed by atoms with Gasteiger partial charge in [-0.1, -0.05) is 30.7 Å². The molecule has 9 heteroatoms. The lowest BCUT2D eigenvalue weighted by molar-refractivity contribution is -0.137. The van der Waals surface area contributed by atoms with Crippen molar-refractivity contribution in [2.45, 2.75) is 24.4 Å². The molecule has 0 radical (unpaired) electrons. The standard InChI is InChI=1S/C16H13ClF3NO3S/c1-2-15(22)10-4-3-5-12(8-10)25(23,24)21-14-9-11(16(18,19)20)6-7-13(14)17/h3-9,21H,2H2,1H3. The predicted octanol–water partition coefficient (Wildman–Crippen LogP) is 4.75. The maximum Gasteiger partial charge on any atom is 0.416 e. The van der Waals surface area contributed by atoms with Gasteiger partial charge < -0.3 is 0 Å². The Balaban J connectivity index is 2.41. The maximum absolute atomic E-state index is 12.8. The van der Waals surface area contributed by atoms with Crippen LogP contribution in [0.1, 0.15) is 29.3 Å². The molecule has 0 aliphatic heterocycles. The Morgan fingerprint density at radius 2 is 1.84 bits per heavy atom. The van der Waals surface area contributed by atoms with Crippen LogP contribution in [-0.4, -0.2) is 14.2 Å². The molecule has 0 aliphatic rings. The monoisotopic (exact) mass is 391 g/mol. The Morgan fingerprint density at radius 1 is 1.16 bits per heavy atom. The van der Waals surface area contributed by atoms with E-state index in [1.807, 2.05) is 4.72 Å². The molecule has 2 aromatic carbocycles. The zero-order valence-corrected chi connectivity index (χ0v) is 14.5. The summed E-state index contributed by atoms with van der Waals surface area (Å²) in [6.07, 6.45) is -4.45. The summed E-state index contributed by atoms with van der Waals surface area (Å²) >= 11 is 5.80. The zero-order chi connectivity index (χ0) is 18.8. The van der Waals surface area contributed by atoms with Crippen molar-refractivity contribution < 1.29 is 26.4 Å².